The van der Waals surface area contributed by atoms with E-state index in [1.165, 1.54) is 5.56 Å². The van der Waals surface area contributed by atoms with Gasteiger partial charge in [-0.1, -0.05) is 62.9 Å². The van der Waals surface area contributed by atoms with Gasteiger partial charge in [0.15, 0.2) is 0 Å². The lowest BCUT2D eigenvalue weighted by Gasteiger charge is -2.11. The summed E-state index contributed by atoms with van der Waals surface area (Å²) in [4.78, 5) is 0.176. The number of benzene rings is 2. The van der Waals surface area contributed by atoms with Crippen LogP contribution in [0.2, 0.25) is 15.1 Å². The highest BCUT2D eigenvalue weighted by Gasteiger charge is 2.10. The normalized spacial score (nSPS) is 12.4. The summed E-state index contributed by atoms with van der Waals surface area (Å²) in [6, 6.07) is 13.4. The molecule has 0 nitrogen and oxygen atoms in total. The van der Waals surface area contributed by atoms with Crippen LogP contribution in [-0.4, -0.2) is 0 Å². The predicted molar refractivity (Wildman–Crippen MR) is 83.3 cm³/mol. The van der Waals surface area contributed by atoms with Gasteiger partial charge in [-0.3, -0.25) is 0 Å². The number of alkyl halides is 1. The Labute approximate surface area is 130 Å². The summed E-state index contributed by atoms with van der Waals surface area (Å²) in [6.45, 7) is 0. The lowest BCUT2D eigenvalue weighted by Crippen LogP contribution is -1.95. The van der Waals surface area contributed by atoms with Gasteiger partial charge >= 0.3 is 0 Å². The average Bonchev–Trinajstić information content (AvgIpc) is 2.31. The molecule has 2 rings (SSSR count). The molecule has 0 heterocycles. The first-order valence-electron chi connectivity index (χ1n) is 5.39. The van der Waals surface area contributed by atoms with Crippen molar-refractivity contribution in [3.05, 3.63) is 68.7 Å². The number of rotatable bonds is 3. The van der Waals surface area contributed by atoms with Crippen molar-refractivity contribution in [2.45, 2.75) is 11.2 Å². The molecule has 94 valence electrons. The van der Waals surface area contributed by atoms with E-state index in [1.54, 1.807) is 6.07 Å². The maximum Gasteiger partial charge on any atom is 0.0436 e. The van der Waals surface area contributed by atoms with Crippen LogP contribution < -0.4 is 0 Å². The minimum atomic E-state index is 0.176. The topological polar surface area (TPSA) is 0 Å². The smallest absolute Gasteiger partial charge is 0.0436 e. The van der Waals surface area contributed by atoms with Crippen LogP contribution in [0.4, 0.5) is 0 Å². The van der Waals surface area contributed by atoms with Crippen LogP contribution in [0.1, 0.15) is 16.0 Å². The van der Waals surface area contributed by atoms with Gasteiger partial charge in [0.2, 0.25) is 0 Å². The van der Waals surface area contributed by atoms with E-state index in [4.69, 9.17) is 34.8 Å². The van der Waals surface area contributed by atoms with E-state index in [0.717, 1.165) is 17.0 Å². The van der Waals surface area contributed by atoms with Crippen molar-refractivity contribution < 1.29 is 0 Å². The van der Waals surface area contributed by atoms with Crippen molar-refractivity contribution in [1.29, 1.82) is 0 Å². The largest absolute Gasteiger partial charge is 0.0843 e. The van der Waals surface area contributed by atoms with Gasteiger partial charge in [0.25, 0.3) is 0 Å². The van der Waals surface area contributed by atoms with Gasteiger partial charge in [0.1, 0.15) is 0 Å². The Morgan fingerprint density at radius 1 is 0.833 bits per heavy atom. The Morgan fingerprint density at radius 2 is 1.39 bits per heavy atom. The van der Waals surface area contributed by atoms with Gasteiger partial charge < -0.3 is 0 Å². The summed E-state index contributed by atoms with van der Waals surface area (Å²) in [5.41, 5.74) is 2.28. The molecule has 0 saturated carbocycles. The monoisotopic (exact) mass is 362 g/mol. The quantitative estimate of drug-likeness (QED) is 0.559. The molecule has 0 aliphatic heterocycles. The highest BCUT2D eigenvalue weighted by Crippen LogP contribution is 2.31. The molecule has 0 aliphatic carbocycles. The lowest BCUT2D eigenvalue weighted by atomic mass is 10.0. The molecule has 0 saturated heterocycles. The molecule has 1 unspecified atom stereocenters. The molecule has 4 heteroatoms. The minimum absolute atomic E-state index is 0.176. The van der Waals surface area contributed by atoms with Gasteiger partial charge in [-0.25, -0.2) is 0 Å². The molecular formula is C14H10BrCl3. The Kier molecular flexibility index (Phi) is 4.97. The van der Waals surface area contributed by atoms with Crippen LogP contribution in [0.15, 0.2) is 42.5 Å². The second-order valence-electron chi connectivity index (χ2n) is 4.00. The van der Waals surface area contributed by atoms with E-state index >= 15 is 0 Å². The third-order valence-electron chi connectivity index (χ3n) is 2.57. The molecule has 0 fully saturated rings. The van der Waals surface area contributed by atoms with Crippen molar-refractivity contribution in [2.75, 3.05) is 0 Å². The molecular weight excluding hydrogens is 354 g/mol. The van der Waals surface area contributed by atoms with E-state index in [9.17, 15) is 0 Å². The SMILES string of the molecule is Clc1ccc(CC(Br)c2cc(Cl)cc(Cl)c2)cc1. The first-order valence-corrected chi connectivity index (χ1v) is 7.44. The van der Waals surface area contributed by atoms with Gasteiger partial charge in [0, 0.05) is 19.9 Å². The average molecular weight is 364 g/mol. The highest BCUT2D eigenvalue weighted by molar-refractivity contribution is 9.09. The Bertz CT molecular complexity index is 517. The van der Waals surface area contributed by atoms with E-state index in [1.807, 2.05) is 36.4 Å². The van der Waals surface area contributed by atoms with Crippen molar-refractivity contribution in [3.63, 3.8) is 0 Å². The van der Waals surface area contributed by atoms with E-state index in [2.05, 4.69) is 15.9 Å². The summed E-state index contributed by atoms with van der Waals surface area (Å²) in [6.07, 6.45) is 0.855. The standard InChI is InChI=1S/C14H10BrCl3/c15-14(5-9-1-3-11(16)4-2-9)10-6-12(17)8-13(18)7-10/h1-4,6-8,14H,5H2. The van der Waals surface area contributed by atoms with Crippen molar-refractivity contribution in [3.8, 4) is 0 Å². The third-order valence-corrected chi connectivity index (χ3v) is 4.12. The van der Waals surface area contributed by atoms with E-state index < -0.39 is 0 Å². The van der Waals surface area contributed by atoms with Crippen LogP contribution in [-0.2, 0) is 6.42 Å². The predicted octanol–water partition coefficient (Wildman–Crippen LogP) is 6.33. The van der Waals surface area contributed by atoms with Crippen LogP contribution in [0.3, 0.4) is 0 Å². The molecule has 2 aromatic carbocycles. The van der Waals surface area contributed by atoms with Gasteiger partial charge in [-0.15, -0.1) is 0 Å². The van der Waals surface area contributed by atoms with Crippen LogP contribution in [0, 0.1) is 0 Å². The number of halogens is 4. The summed E-state index contributed by atoms with van der Waals surface area (Å²) >= 11 is 21.5. The number of hydrogen-bond acceptors (Lipinski definition) is 0. The minimum Gasteiger partial charge on any atom is -0.0843 e. The van der Waals surface area contributed by atoms with Gasteiger partial charge in [-0.05, 0) is 47.9 Å². The Morgan fingerprint density at radius 3 is 1.94 bits per heavy atom. The van der Waals surface area contributed by atoms with E-state index in [-0.39, 0.29) is 4.83 Å². The van der Waals surface area contributed by atoms with Crippen molar-refractivity contribution in [1.82, 2.24) is 0 Å². The second-order valence-corrected chi connectivity index (χ2v) is 6.42. The van der Waals surface area contributed by atoms with Crippen molar-refractivity contribution in [2.24, 2.45) is 0 Å². The van der Waals surface area contributed by atoms with Gasteiger partial charge in [-0.2, -0.15) is 0 Å². The zero-order valence-electron chi connectivity index (χ0n) is 9.34. The first-order chi connectivity index (χ1) is 8.54. The Hall–Kier alpha value is -0.210. The molecule has 1 atom stereocenters. The molecule has 18 heavy (non-hydrogen) atoms. The number of hydrogen-bond donors (Lipinski definition) is 0. The molecule has 0 aromatic heterocycles. The maximum absolute atomic E-state index is 6.00. The lowest BCUT2D eigenvalue weighted by molar-refractivity contribution is 0.949. The summed E-state index contributed by atoms with van der Waals surface area (Å²) in [5, 5.41) is 2.05. The van der Waals surface area contributed by atoms with Crippen LogP contribution in [0.25, 0.3) is 0 Å². The third kappa shape index (κ3) is 3.89. The van der Waals surface area contributed by atoms with E-state index in [0.29, 0.717) is 10.0 Å². The fraction of sp³-hybridized carbons (Fsp3) is 0.143. The van der Waals surface area contributed by atoms with Crippen LogP contribution >= 0.6 is 50.7 Å². The summed E-state index contributed by atoms with van der Waals surface area (Å²) < 4.78 is 0. The molecule has 0 N–H and O–H groups in total. The highest BCUT2D eigenvalue weighted by atomic mass is 79.9. The van der Waals surface area contributed by atoms with Crippen molar-refractivity contribution >= 4 is 50.7 Å². The molecule has 0 amide bonds. The van der Waals surface area contributed by atoms with Gasteiger partial charge in [0.05, 0.1) is 0 Å². The summed E-state index contributed by atoms with van der Waals surface area (Å²) in [5.74, 6) is 0. The fourth-order valence-corrected chi connectivity index (χ4v) is 3.01. The maximum atomic E-state index is 6.00. The molecule has 0 aliphatic rings. The summed E-state index contributed by atoms with van der Waals surface area (Å²) in [7, 11) is 0. The van der Waals surface area contributed by atoms with Crippen LogP contribution in [0.5, 0.6) is 0 Å². The molecule has 2 aromatic rings. The zero-order valence-corrected chi connectivity index (χ0v) is 13.2. The fourth-order valence-electron chi connectivity index (χ4n) is 1.70. The Balaban J connectivity index is 2.16. The second kappa shape index (κ2) is 6.29. The first kappa shape index (κ1) is 14.2. The molecule has 0 bridgehead atoms. The zero-order chi connectivity index (χ0) is 13.1. The molecule has 0 radical (unpaired) electrons. The molecule has 0 spiro atoms.